The van der Waals surface area contributed by atoms with Crippen molar-refractivity contribution in [3.63, 3.8) is 0 Å². The van der Waals surface area contributed by atoms with E-state index in [4.69, 9.17) is 5.26 Å². The fraction of sp³-hybridized carbons (Fsp3) is 0.900. The SMILES string of the molecule is CCC(C)(C#N)NS(=O)(=O)CCC(C)C. The molecule has 0 amide bonds. The highest BCUT2D eigenvalue weighted by atomic mass is 32.2. The number of hydrogen-bond acceptors (Lipinski definition) is 3. The van der Waals surface area contributed by atoms with Crippen LogP contribution in [0.25, 0.3) is 0 Å². The molecule has 0 aromatic carbocycles. The average Bonchev–Trinajstić information content (AvgIpc) is 2.14. The van der Waals surface area contributed by atoms with Gasteiger partial charge >= 0.3 is 0 Å². The average molecular weight is 232 g/mol. The summed E-state index contributed by atoms with van der Waals surface area (Å²) in [5, 5.41) is 8.85. The van der Waals surface area contributed by atoms with Crippen molar-refractivity contribution >= 4 is 10.0 Å². The second kappa shape index (κ2) is 5.47. The Hall–Kier alpha value is -0.600. The van der Waals surface area contributed by atoms with E-state index in [-0.39, 0.29) is 5.75 Å². The topological polar surface area (TPSA) is 70.0 Å². The molecule has 0 aromatic heterocycles. The highest BCUT2D eigenvalue weighted by Crippen LogP contribution is 2.11. The standard InChI is InChI=1S/C10H20N2O2S/c1-5-10(4,8-11)12-15(13,14)7-6-9(2)3/h9,12H,5-7H2,1-4H3. The maximum absolute atomic E-state index is 11.6. The van der Waals surface area contributed by atoms with Crippen molar-refractivity contribution < 1.29 is 8.42 Å². The lowest BCUT2D eigenvalue weighted by molar-refractivity contribution is 0.490. The third-order valence-electron chi connectivity index (χ3n) is 2.30. The van der Waals surface area contributed by atoms with E-state index in [1.807, 2.05) is 19.9 Å². The molecule has 0 saturated heterocycles. The molecule has 0 heterocycles. The predicted molar refractivity (Wildman–Crippen MR) is 60.7 cm³/mol. The van der Waals surface area contributed by atoms with Crippen molar-refractivity contribution in [2.45, 2.75) is 46.1 Å². The zero-order valence-electron chi connectivity index (χ0n) is 9.87. The Labute approximate surface area is 92.7 Å². The molecule has 1 unspecified atom stereocenters. The Morgan fingerprint density at radius 2 is 2.00 bits per heavy atom. The molecule has 5 heteroatoms. The first-order chi connectivity index (χ1) is 6.74. The van der Waals surface area contributed by atoms with Gasteiger partial charge in [0.05, 0.1) is 11.8 Å². The van der Waals surface area contributed by atoms with Gasteiger partial charge in [0.25, 0.3) is 0 Å². The summed E-state index contributed by atoms with van der Waals surface area (Å²) in [6.45, 7) is 7.33. The van der Waals surface area contributed by atoms with Gasteiger partial charge in [-0.15, -0.1) is 0 Å². The third kappa shape index (κ3) is 5.75. The molecule has 0 bridgehead atoms. The summed E-state index contributed by atoms with van der Waals surface area (Å²) in [7, 11) is -3.33. The predicted octanol–water partition coefficient (Wildman–Crippen LogP) is 1.64. The van der Waals surface area contributed by atoms with E-state index in [1.54, 1.807) is 13.8 Å². The number of nitriles is 1. The normalized spacial score (nSPS) is 16.0. The lowest BCUT2D eigenvalue weighted by Gasteiger charge is -2.21. The van der Waals surface area contributed by atoms with Crippen LogP contribution in [0.5, 0.6) is 0 Å². The first-order valence-electron chi connectivity index (χ1n) is 5.17. The van der Waals surface area contributed by atoms with E-state index in [9.17, 15) is 8.42 Å². The molecule has 0 spiro atoms. The van der Waals surface area contributed by atoms with Crippen molar-refractivity contribution in [1.82, 2.24) is 4.72 Å². The minimum absolute atomic E-state index is 0.0853. The zero-order chi connectivity index (χ0) is 12.1. The molecule has 1 atom stereocenters. The first-order valence-corrected chi connectivity index (χ1v) is 6.83. The van der Waals surface area contributed by atoms with Crippen LogP contribution in [0.3, 0.4) is 0 Å². The monoisotopic (exact) mass is 232 g/mol. The van der Waals surface area contributed by atoms with E-state index in [1.165, 1.54) is 0 Å². The minimum Gasteiger partial charge on any atom is -0.212 e. The van der Waals surface area contributed by atoms with Crippen LogP contribution < -0.4 is 4.72 Å². The molecule has 1 N–H and O–H groups in total. The largest absolute Gasteiger partial charge is 0.212 e. The summed E-state index contributed by atoms with van der Waals surface area (Å²) in [5.74, 6) is 0.429. The highest BCUT2D eigenvalue weighted by molar-refractivity contribution is 7.89. The van der Waals surface area contributed by atoms with Crippen molar-refractivity contribution in [3.05, 3.63) is 0 Å². The molecule has 88 valence electrons. The van der Waals surface area contributed by atoms with E-state index < -0.39 is 15.6 Å². The van der Waals surface area contributed by atoms with Gasteiger partial charge in [0, 0.05) is 0 Å². The number of hydrogen-bond donors (Lipinski definition) is 1. The summed E-state index contributed by atoms with van der Waals surface area (Å²) in [4.78, 5) is 0. The van der Waals surface area contributed by atoms with Gasteiger partial charge < -0.3 is 0 Å². The Bertz CT molecular complexity index is 330. The number of rotatable bonds is 6. The van der Waals surface area contributed by atoms with Crippen molar-refractivity contribution in [2.75, 3.05) is 5.75 Å². The van der Waals surface area contributed by atoms with Crippen LogP contribution in [0.1, 0.15) is 40.5 Å². The third-order valence-corrected chi connectivity index (χ3v) is 3.83. The molecule has 0 aromatic rings. The van der Waals surface area contributed by atoms with Crippen LogP contribution in [0.15, 0.2) is 0 Å². The van der Waals surface area contributed by atoms with Gasteiger partial charge in [0.15, 0.2) is 0 Å². The fourth-order valence-corrected chi connectivity index (χ4v) is 2.72. The van der Waals surface area contributed by atoms with Crippen molar-refractivity contribution in [2.24, 2.45) is 5.92 Å². The second-order valence-corrected chi connectivity index (χ2v) is 6.24. The Balaban J connectivity index is 4.45. The summed E-state index contributed by atoms with van der Waals surface area (Å²) < 4.78 is 25.6. The van der Waals surface area contributed by atoms with Crippen LogP contribution in [0, 0.1) is 17.2 Å². The Kier molecular flexibility index (Phi) is 5.26. The van der Waals surface area contributed by atoms with Crippen LogP contribution in [-0.4, -0.2) is 19.7 Å². The lowest BCUT2D eigenvalue weighted by atomic mass is 10.0. The van der Waals surface area contributed by atoms with E-state index in [0.717, 1.165) is 0 Å². The van der Waals surface area contributed by atoms with E-state index in [0.29, 0.717) is 18.8 Å². The Morgan fingerprint density at radius 1 is 1.47 bits per heavy atom. The van der Waals surface area contributed by atoms with Gasteiger partial charge in [-0.2, -0.15) is 9.98 Å². The van der Waals surface area contributed by atoms with Gasteiger partial charge in [-0.1, -0.05) is 20.8 Å². The van der Waals surface area contributed by atoms with Gasteiger partial charge in [-0.05, 0) is 25.7 Å². The summed E-state index contributed by atoms with van der Waals surface area (Å²) in [5.41, 5.74) is -0.976. The molecular formula is C10H20N2O2S. The lowest BCUT2D eigenvalue weighted by Crippen LogP contribution is -2.45. The van der Waals surface area contributed by atoms with Crippen LogP contribution in [0.2, 0.25) is 0 Å². The van der Waals surface area contributed by atoms with Crippen molar-refractivity contribution in [1.29, 1.82) is 5.26 Å². The number of nitrogens with one attached hydrogen (secondary N) is 1. The summed E-state index contributed by atoms with van der Waals surface area (Å²) in [6.07, 6.45) is 1.07. The number of sulfonamides is 1. The van der Waals surface area contributed by atoms with Crippen molar-refractivity contribution in [3.8, 4) is 6.07 Å². The Morgan fingerprint density at radius 3 is 2.33 bits per heavy atom. The van der Waals surface area contributed by atoms with E-state index >= 15 is 0 Å². The fourth-order valence-electron chi connectivity index (χ4n) is 0.959. The maximum Gasteiger partial charge on any atom is 0.212 e. The van der Waals surface area contributed by atoms with Crippen LogP contribution in [-0.2, 0) is 10.0 Å². The molecular weight excluding hydrogens is 212 g/mol. The van der Waals surface area contributed by atoms with Crippen LogP contribution >= 0.6 is 0 Å². The maximum atomic E-state index is 11.6. The molecule has 0 rings (SSSR count). The zero-order valence-corrected chi connectivity index (χ0v) is 10.7. The molecule has 15 heavy (non-hydrogen) atoms. The molecule has 0 radical (unpaired) electrons. The molecule has 0 aliphatic heterocycles. The number of nitrogens with zero attached hydrogens (tertiary/aromatic N) is 1. The molecule has 0 aliphatic rings. The smallest absolute Gasteiger partial charge is 0.212 e. The van der Waals surface area contributed by atoms with Gasteiger partial charge in [-0.25, -0.2) is 8.42 Å². The molecule has 0 aliphatic carbocycles. The minimum atomic E-state index is -3.33. The van der Waals surface area contributed by atoms with Gasteiger partial charge in [0.1, 0.15) is 5.54 Å². The molecule has 4 nitrogen and oxygen atoms in total. The molecule has 0 saturated carbocycles. The first kappa shape index (κ1) is 14.4. The van der Waals surface area contributed by atoms with E-state index in [2.05, 4.69) is 4.72 Å². The van der Waals surface area contributed by atoms with Gasteiger partial charge in [-0.3, -0.25) is 0 Å². The summed E-state index contributed by atoms with van der Waals surface area (Å²) >= 11 is 0. The summed E-state index contributed by atoms with van der Waals surface area (Å²) in [6, 6.07) is 1.98. The highest BCUT2D eigenvalue weighted by Gasteiger charge is 2.27. The quantitative estimate of drug-likeness (QED) is 0.757. The molecule has 0 fully saturated rings. The van der Waals surface area contributed by atoms with Crippen LogP contribution in [0.4, 0.5) is 0 Å². The second-order valence-electron chi connectivity index (χ2n) is 4.40. The van der Waals surface area contributed by atoms with Gasteiger partial charge in [0.2, 0.25) is 10.0 Å².